The number of ether oxygens (including phenoxy) is 1. The third kappa shape index (κ3) is 4.94. The van der Waals surface area contributed by atoms with E-state index >= 15 is 0 Å². The zero-order valence-electron chi connectivity index (χ0n) is 17.9. The number of hydrogen-bond acceptors (Lipinski definition) is 5. The molecule has 0 bridgehead atoms. The Labute approximate surface area is 183 Å². The van der Waals surface area contributed by atoms with Gasteiger partial charge >= 0.3 is 0 Å². The zero-order valence-corrected chi connectivity index (χ0v) is 18.7. The van der Waals surface area contributed by atoms with E-state index < -0.39 is 0 Å². The molecule has 3 saturated heterocycles. The van der Waals surface area contributed by atoms with Crippen LogP contribution in [0.25, 0.3) is 0 Å². The number of piperidine rings is 1. The highest BCUT2D eigenvalue weighted by Gasteiger charge is 2.39. The van der Waals surface area contributed by atoms with Crippen molar-refractivity contribution >= 4 is 29.3 Å². The van der Waals surface area contributed by atoms with Gasteiger partial charge in [0.15, 0.2) is 0 Å². The fourth-order valence-electron chi connectivity index (χ4n) is 4.85. The maximum Gasteiger partial charge on any atom is 0.228 e. The zero-order chi connectivity index (χ0) is 20.9. The van der Waals surface area contributed by atoms with E-state index in [9.17, 15) is 9.59 Å². The minimum atomic E-state index is -0.254. The van der Waals surface area contributed by atoms with E-state index in [4.69, 9.17) is 4.74 Å². The van der Waals surface area contributed by atoms with E-state index in [2.05, 4.69) is 9.80 Å². The normalized spacial score (nSPS) is 26.0. The number of nitrogens with zero attached hydrogens (tertiary/aromatic N) is 3. The number of anilines is 1. The molecular formula is C23H33N3O3S. The molecule has 30 heavy (non-hydrogen) atoms. The van der Waals surface area contributed by atoms with Crippen LogP contribution in [0.15, 0.2) is 24.3 Å². The number of benzene rings is 1. The van der Waals surface area contributed by atoms with Crippen molar-refractivity contribution in [2.75, 3.05) is 56.2 Å². The standard InChI is InChI=1S/C23H33N3O3S/c1-29-21-8-5-7-19(14-21)26-15-18(13-22(26)27)23(28)25-11-6-12-30-17-20(25)16-24-9-3-2-4-10-24/h5,7-8,14,18,20H,2-4,6,9-13,15-17H2,1H3. The molecule has 2 amide bonds. The van der Waals surface area contributed by atoms with Crippen molar-refractivity contribution in [1.29, 1.82) is 0 Å². The lowest BCUT2D eigenvalue weighted by atomic mass is 10.0. The molecule has 0 aromatic heterocycles. The third-order valence-corrected chi connectivity index (χ3v) is 7.68. The second-order valence-electron chi connectivity index (χ2n) is 8.58. The Morgan fingerprint density at radius 1 is 1.17 bits per heavy atom. The van der Waals surface area contributed by atoms with Gasteiger partial charge in [-0.2, -0.15) is 11.8 Å². The monoisotopic (exact) mass is 431 g/mol. The summed E-state index contributed by atoms with van der Waals surface area (Å²) < 4.78 is 5.30. The molecule has 164 valence electrons. The summed E-state index contributed by atoms with van der Waals surface area (Å²) in [7, 11) is 1.62. The second kappa shape index (κ2) is 10.1. The van der Waals surface area contributed by atoms with Gasteiger partial charge in [-0.3, -0.25) is 9.59 Å². The molecular weight excluding hydrogens is 398 g/mol. The molecule has 3 aliphatic rings. The lowest BCUT2D eigenvalue weighted by molar-refractivity contribution is -0.138. The Morgan fingerprint density at radius 2 is 2.00 bits per heavy atom. The number of likely N-dealkylation sites (tertiary alicyclic amines) is 1. The predicted octanol–water partition coefficient (Wildman–Crippen LogP) is 2.87. The molecule has 0 radical (unpaired) electrons. The minimum Gasteiger partial charge on any atom is -0.497 e. The highest BCUT2D eigenvalue weighted by Crippen LogP contribution is 2.30. The molecule has 7 heteroatoms. The van der Waals surface area contributed by atoms with Crippen molar-refractivity contribution in [1.82, 2.24) is 9.80 Å². The molecule has 6 nitrogen and oxygen atoms in total. The van der Waals surface area contributed by atoms with Gasteiger partial charge in [0.05, 0.1) is 19.1 Å². The van der Waals surface area contributed by atoms with Gasteiger partial charge in [0, 0.05) is 43.6 Å². The molecule has 1 aromatic carbocycles. The van der Waals surface area contributed by atoms with Gasteiger partial charge in [-0.15, -0.1) is 0 Å². The molecule has 2 unspecified atom stereocenters. The first-order valence-corrected chi connectivity index (χ1v) is 12.4. The van der Waals surface area contributed by atoms with Gasteiger partial charge in [-0.05, 0) is 50.2 Å². The predicted molar refractivity (Wildman–Crippen MR) is 121 cm³/mol. The Kier molecular flexibility index (Phi) is 7.20. The lowest BCUT2D eigenvalue weighted by Crippen LogP contribution is -2.51. The first kappa shape index (κ1) is 21.5. The molecule has 1 aromatic rings. The molecule has 3 heterocycles. The summed E-state index contributed by atoms with van der Waals surface area (Å²) >= 11 is 1.97. The van der Waals surface area contributed by atoms with Crippen LogP contribution in [0, 0.1) is 5.92 Å². The van der Waals surface area contributed by atoms with Gasteiger partial charge in [0.25, 0.3) is 0 Å². The molecule has 3 aliphatic heterocycles. The minimum absolute atomic E-state index is 0.0263. The number of methoxy groups -OCH3 is 1. The highest BCUT2D eigenvalue weighted by molar-refractivity contribution is 7.99. The van der Waals surface area contributed by atoms with Gasteiger partial charge < -0.3 is 19.4 Å². The first-order valence-electron chi connectivity index (χ1n) is 11.2. The van der Waals surface area contributed by atoms with Crippen LogP contribution < -0.4 is 9.64 Å². The van der Waals surface area contributed by atoms with Crippen molar-refractivity contribution in [3.8, 4) is 5.75 Å². The summed E-state index contributed by atoms with van der Waals surface area (Å²) in [6, 6.07) is 7.79. The molecule has 4 rings (SSSR count). The van der Waals surface area contributed by atoms with E-state index in [1.54, 1.807) is 12.0 Å². The van der Waals surface area contributed by atoms with E-state index in [-0.39, 0.29) is 23.8 Å². The van der Waals surface area contributed by atoms with E-state index in [0.29, 0.717) is 13.0 Å². The van der Waals surface area contributed by atoms with Crippen LogP contribution in [-0.4, -0.2) is 79.0 Å². The van der Waals surface area contributed by atoms with Crippen LogP contribution in [0.2, 0.25) is 0 Å². The van der Waals surface area contributed by atoms with E-state index in [1.807, 2.05) is 36.0 Å². The number of thioether (sulfide) groups is 1. The molecule has 0 spiro atoms. The summed E-state index contributed by atoms with van der Waals surface area (Å²) in [5, 5.41) is 0. The van der Waals surface area contributed by atoms with E-state index in [0.717, 1.165) is 55.5 Å². The summed E-state index contributed by atoms with van der Waals surface area (Å²) in [6.07, 6.45) is 5.19. The van der Waals surface area contributed by atoms with Gasteiger partial charge in [0.1, 0.15) is 5.75 Å². The van der Waals surface area contributed by atoms with Crippen LogP contribution in [-0.2, 0) is 9.59 Å². The van der Waals surface area contributed by atoms with Crippen molar-refractivity contribution in [3.05, 3.63) is 24.3 Å². The van der Waals surface area contributed by atoms with Crippen LogP contribution in [0.4, 0.5) is 5.69 Å². The average molecular weight is 432 g/mol. The number of carbonyl (C=O) groups excluding carboxylic acids is 2. The smallest absolute Gasteiger partial charge is 0.228 e. The van der Waals surface area contributed by atoms with Gasteiger partial charge in [-0.1, -0.05) is 12.5 Å². The van der Waals surface area contributed by atoms with Crippen molar-refractivity contribution in [2.24, 2.45) is 5.92 Å². The molecule has 0 N–H and O–H groups in total. The Balaban J connectivity index is 1.45. The second-order valence-corrected chi connectivity index (χ2v) is 9.73. The van der Waals surface area contributed by atoms with Crippen molar-refractivity contribution in [3.63, 3.8) is 0 Å². The number of rotatable bonds is 5. The summed E-state index contributed by atoms with van der Waals surface area (Å²) in [5.74, 6) is 2.77. The average Bonchev–Trinajstić information content (AvgIpc) is 3.02. The Bertz CT molecular complexity index is 753. The fraction of sp³-hybridized carbons (Fsp3) is 0.652. The van der Waals surface area contributed by atoms with Gasteiger partial charge in [0.2, 0.25) is 11.8 Å². The summed E-state index contributed by atoms with van der Waals surface area (Å²) in [4.78, 5) is 32.7. The Morgan fingerprint density at radius 3 is 2.80 bits per heavy atom. The van der Waals surface area contributed by atoms with Gasteiger partial charge in [-0.25, -0.2) is 0 Å². The summed E-state index contributed by atoms with van der Waals surface area (Å²) in [6.45, 7) is 4.54. The van der Waals surface area contributed by atoms with Crippen LogP contribution >= 0.6 is 11.8 Å². The number of hydrogen-bond donors (Lipinski definition) is 0. The molecule has 0 aliphatic carbocycles. The maximum atomic E-state index is 13.5. The third-order valence-electron chi connectivity index (χ3n) is 6.48. The van der Waals surface area contributed by atoms with Crippen molar-refractivity contribution < 1.29 is 14.3 Å². The molecule has 0 saturated carbocycles. The maximum absolute atomic E-state index is 13.5. The quantitative estimate of drug-likeness (QED) is 0.718. The fourth-order valence-corrected chi connectivity index (χ4v) is 5.90. The van der Waals surface area contributed by atoms with Crippen molar-refractivity contribution in [2.45, 2.75) is 38.1 Å². The largest absolute Gasteiger partial charge is 0.497 e. The van der Waals surface area contributed by atoms with Crippen LogP contribution in [0.1, 0.15) is 32.1 Å². The SMILES string of the molecule is COc1cccc(N2CC(C(=O)N3CCCSCC3CN3CCCCC3)CC2=O)c1. The summed E-state index contributed by atoms with van der Waals surface area (Å²) in [5.41, 5.74) is 0.811. The molecule has 2 atom stereocenters. The highest BCUT2D eigenvalue weighted by atomic mass is 32.2. The first-order chi connectivity index (χ1) is 14.7. The Hall–Kier alpha value is -1.73. The van der Waals surface area contributed by atoms with E-state index in [1.165, 1.54) is 19.3 Å². The topological polar surface area (TPSA) is 53.1 Å². The number of carbonyl (C=O) groups is 2. The molecule has 3 fully saturated rings. The number of amides is 2. The lowest BCUT2D eigenvalue weighted by Gasteiger charge is -2.36. The van der Waals surface area contributed by atoms with Crippen LogP contribution in [0.3, 0.4) is 0 Å². The van der Waals surface area contributed by atoms with Crippen LogP contribution in [0.5, 0.6) is 5.75 Å².